The van der Waals surface area contributed by atoms with Gasteiger partial charge in [0.1, 0.15) is 4.92 Å². The zero-order chi connectivity index (χ0) is 17.7. The van der Waals surface area contributed by atoms with Crippen molar-refractivity contribution in [1.29, 1.82) is 0 Å². The molecule has 1 unspecified atom stereocenters. The summed E-state index contributed by atoms with van der Waals surface area (Å²) in [5, 5.41) is 13.4. The van der Waals surface area contributed by atoms with Gasteiger partial charge in [-0.25, -0.2) is 0 Å². The molecule has 2 rings (SSSR count). The Morgan fingerprint density at radius 3 is 2.42 bits per heavy atom. The van der Waals surface area contributed by atoms with Crippen LogP contribution in [0.4, 0.5) is 5.88 Å². The van der Waals surface area contributed by atoms with Crippen LogP contribution in [0.3, 0.4) is 0 Å². The Hall–Kier alpha value is -2.67. The molecule has 1 N–H and O–H groups in total. The summed E-state index contributed by atoms with van der Waals surface area (Å²) in [5.74, 6) is -0.986. The van der Waals surface area contributed by atoms with Crippen LogP contribution in [0.5, 0.6) is 0 Å². The quantitative estimate of drug-likeness (QED) is 0.622. The summed E-state index contributed by atoms with van der Waals surface area (Å²) < 4.78 is 4.91. The molecule has 1 aromatic carbocycles. The molecule has 1 amide bonds. The van der Waals surface area contributed by atoms with Crippen LogP contribution in [0.2, 0.25) is 0 Å². The molecule has 0 fully saturated rings. The van der Waals surface area contributed by atoms with Crippen molar-refractivity contribution in [3.63, 3.8) is 0 Å². The largest absolute Gasteiger partial charge is 0.433 e. The number of hydrogen-bond acceptors (Lipinski definition) is 5. The van der Waals surface area contributed by atoms with E-state index in [0.717, 1.165) is 12.0 Å². The summed E-state index contributed by atoms with van der Waals surface area (Å²) >= 11 is 0. The fourth-order valence-electron chi connectivity index (χ4n) is 2.40. The van der Waals surface area contributed by atoms with Crippen LogP contribution in [0.15, 0.2) is 40.8 Å². The third-order valence-electron chi connectivity index (χ3n) is 3.85. The van der Waals surface area contributed by atoms with E-state index < -0.39 is 16.7 Å². The third kappa shape index (κ3) is 4.20. The van der Waals surface area contributed by atoms with Gasteiger partial charge >= 0.3 is 5.88 Å². The molecule has 0 bridgehead atoms. The van der Waals surface area contributed by atoms with Crippen LogP contribution in [-0.2, 0) is 6.42 Å². The van der Waals surface area contributed by atoms with Crippen LogP contribution >= 0.6 is 0 Å². The average Bonchev–Trinajstić information content (AvgIpc) is 3.05. The Morgan fingerprint density at radius 2 is 1.92 bits per heavy atom. The predicted octanol–water partition coefficient (Wildman–Crippen LogP) is 2.78. The van der Waals surface area contributed by atoms with E-state index in [-0.39, 0.29) is 11.8 Å². The Balaban J connectivity index is 2.04. The second-order valence-electron chi connectivity index (χ2n) is 5.68. The van der Waals surface area contributed by atoms with E-state index in [1.807, 2.05) is 31.1 Å². The molecule has 24 heavy (non-hydrogen) atoms. The first-order valence-electron chi connectivity index (χ1n) is 7.70. The molecule has 0 aliphatic rings. The van der Waals surface area contributed by atoms with Crippen molar-refractivity contribution in [2.24, 2.45) is 0 Å². The molecule has 7 heteroatoms. The number of nitrogens with zero attached hydrogens (tertiary/aromatic N) is 2. The minimum absolute atomic E-state index is 0.00944. The molecule has 1 aromatic heterocycles. The highest BCUT2D eigenvalue weighted by atomic mass is 16.6. The summed E-state index contributed by atoms with van der Waals surface area (Å²) in [6, 6.07) is 10.7. The van der Waals surface area contributed by atoms with Crippen molar-refractivity contribution in [1.82, 2.24) is 10.2 Å². The SMILES string of the molecule is CCc1ccc(C(CNC(=O)c2ccc([N+](=O)[O-])o2)N(C)C)cc1. The lowest BCUT2D eigenvalue weighted by molar-refractivity contribution is -0.402. The van der Waals surface area contributed by atoms with Crippen LogP contribution in [-0.4, -0.2) is 36.4 Å². The monoisotopic (exact) mass is 331 g/mol. The Labute approximate surface area is 140 Å². The van der Waals surface area contributed by atoms with Gasteiger partial charge in [-0.3, -0.25) is 14.9 Å². The van der Waals surface area contributed by atoms with E-state index in [0.29, 0.717) is 6.54 Å². The van der Waals surface area contributed by atoms with Gasteiger partial charge in [0.25, 0.3) is 5.91 Å². The molecule has 0 saturated heterocycles. The van der Waals surface area contributed by atoms with Crippen molar-refractivity contribution in [2.75, 3.05) is 20.6 Å². The normalized spacial score (nSPS) is 12.2. The van der Waals surface area contributed by atoms with Gasteiger partial charge in [-0.15, -0.1) is 0 Å². The van der Waals surface area contributed by atoms with Gasteiger partial charge in [0.05, 0.1) is 12.1 Å². The molecule has 128 valence electrons. The maximum Gasteiger partial charge on any atom is 0.433 e. The summed E-state index contributed by atoms with van der Waals surface area (Å²) in [6.45, 7) is 2.47. The number of carbonyl (C=O) groups excluding carboxylic acids is 1. The van der Waals surface area contributed by atoms with E-state index in [4.69, 9.17) is 4.42 Å². The zero-order valence-electron chi connectivity index (χ0n) is 14.0. The average molecular weight is 331 g/mol. The number of benzene rings is 1. The van der Waals surface area contributed by atoms with E-state index in [1.165, 1.54) is 17.7 Å². The number of amides is 1. The van der Waals surface area contributed by atoms with E-state index in [9.17, 15) is 14.9 Å². The van der Waals surface area contributed by atoms with Crippen LogP contribution in [0.25, 0.3) is 0 Å². The van der Waals surface area contributed by atoms with Crippen LogP contribution in [0.1, 0.15) is 34.6 Å². The number of hydrogen-bond donors (Lipinski definition) is 1. The number of carbonyl (C=O) groups is 1. The second-order valence-corrected chi connectivity index (χ2v) is 5.68. The maximum atomic E-state index is 12.1. The highest BCUT2D eigenvalue weighted by Gasteiger charge is 2.20. The number of nitrogens with one attached hydrogen (secondary N) is 1. The number of aryl methyl sites for hydroxylation is 1. The lowest BCUT2D eigenvalue weighted by atomic mass is 10.0. The van der Waals surface area contributed by atoms with Gasteiger partial charge in [-0.1, -0.05) is 31.2 Å². The molecule has 2 aromatic rings. The van der Waals surface area contributed by atoms with Crippen molar-refractivity contribution in [2.45, 2.75) is 19.4 Å². The number of rotatable bonds is 7. The fourth-order valence-corrected chi connectivity index (χ4v) is 2.40. The molecule has 0 aliphatic heterocycles. The van der Waals surface area contributed by atoms with E-state index >= 15 is 0 Å². The van der Waals surface area contributed by atoms with Crippen LogP contribution < -0.4 is 5.32 Å². The lowest BCUT2D eigenvalue weighted by Crippen LogP contribution is -2.34. The molecular formula is C17H21N3O4. The first-order chi connectivity index (χ1) is 11.4. The summed E-state index contributed by atoms with van der Waals surface area (Å²) in [7, 11) is 3.87. The van der Waals surface area contributed by atoms with Crippen molar-refractivity contribution >= 4 is 11.8 Å². The van der Waals surface area contributed by atoms with Gasteiger partial charge < -0.3 is 14.6 Å². The fraction of sp³-hybridized carbons (Fsp3) is 0.353. The van der Waals surface area contributed by atoms with Gasteiger partial charge in [-0.2, -0.15) is 0 Å². The number of nitro groups is 1. The standard InChI is InChI=1S/C17H21N3O4/c1-4-12-5-7-13(8-6-12)14(19(2)3)11-18-17(21)15-9-10-16(24-15)20(22)23/h5-10,14H,4,11H2,1-3H3,(H,18,21). The van der Waals surface area contributed by atoms with Gasteiger partial charge in [0.2, 0.25) is 0 Å². The van der Waals surface area contributed by atoms with E-state index in [2.05, 4.69) is 24.4 Å². The summed E-state index contributed by atoms with van der Waals surface area (Å²) in [6.07, 6.45) is 0.973. The Morgan fingerprint density at radius 1 is 1.25 bits per heavy atom. The maximum absolute atomic E-state index is 12.1. The first kappa shape index (κ1) is 17.7. The number of furan rings is 1. The predicted molar refractivity (Wildman–Crippen MR) is 89.9 cm³/mol. The molecule has 1 atom stereocenters. The Kier molecular flexibility index (Phi) is 5.70. The van der Waals surface area contributed by atoms with Gasteiger partial charge in [-0.05, 0) is 37.7 Å². The molecule has 0 aliphatic carbocycles. The van der Waals surface area contributed by atoms with E-state index in [1.54, 1.807) is 0 Å². The van der Waals surface area contributed by atoms with Gasteiger partial charge in [0, 0.05) is 6.54 Å². The summed E-state index contributed by atoms with van der Waals surface area (Å²) in [4.78, 5) is 24.0. The zero-order valence-corrected chi connectivity index (χ0v) is 14.0. The molecule has 0 saturated carbocycles. The minimum atomic E-state index is -0.672. The highest BCUT2D eigenvalue weighted by Crippen LogP contribution is 2.19. The van der Waals surface area contributed by atoms with Crippen molar-refractivity contribution in [3.05, 3.63) is 63.4 Å². The smallest absolute Gasteiger partial charge is 0.395 e. The van der Waals surface area contributed by atoms with Gasteiger partial charge in [0.15, 0.2) is 5.76 Å². The second kappa shape index (κ2) is 7.74. The van der Waals surface area contributed by atoms with Crippen LogP contribution in [0, 0.1) is 10.1 Å². The third-order valence-corrected chi connectivity index (χ3v) is 3.85. The Bertz CT molecular complexity index is 707. The molecular weight excluding hydrogens is 310 g/mol. The minimum Gasteiger partial charge on any atom is -0.395 e. The molecule has 0 spiro atoms. The summed E-state index contributed by atoms with van der Waals surface area (Å²) in [5.41, 5.74) is 2.34. The first-order valence-corrected chi connectivity index (χ1v) is 7.70. The molecule has 7 nitrogen and oxygen atoms in total. The number of likely N-dealkylation sites (N-methyl/N-ethyl adjacent to an activating group) is 1. The highest BCUT2D eigenvalue weighted by molar-refractivity contribution is 5.91. The molecule has 1 heterocycles. The van der Waals surface area contributed by atoms with Crippen molar-refractivity contribution < 1.29 is 14.1 Å². The topological polar surface area (TPSA) is 88.6 Å². The molecule has 0 radical (unpaired) electrons. The van der Waals surface area contributed by atoms with Crippen molar-refractivity contribution in [3.8, 4) is 0 Å². The lowest BCUT2D eigenvalue weighted by Gasteiger charge is -2.25.